The molecule has 0 bridgehead atoms. The van der Waals surface area contributed by atoms with Crippen molar-refractivity contribution in [2.75, 3.05) is 20.1 Å². The topological polar surface area (TPSA) is 75.4 Å². The molecule has 0 heterocycles. The summed E-state index contributed by atoms with van der Waals surface area (Å²) in [5.41, 5.74) is 0. The zero-order valence-corrected chi connectivity index (χ0v) is 10.8. The SMILES string of the molecule is CN(CCCNS(N)(=O)=O)C1CCCCC1. The van der Waals surface area contributed by atoms with Crippen LogP contribution in [0.15, 0.2) is 0 Å². The van der Waals surface area contributed by atoms with Crippen LogP contribution >= 0.6 is 0 Å². The number of nitrogens with two attached hydrogens (primary N) is 1. The van der Waals surface area contributed by atoms with E-state index in [1.165, 1.54) is 32.1 Å². The van der Waals surface area contributed by atoms with E-state index in [1.54, 1.807) is 0 Å². The van der Waals surface area contributed by atoms with E-state index >= 15 is 0 Å². The lowest BCUT2D eigenvalue weighted by Gasteiger charge is -2.31. The highest BCUT2D eigenvalue weighted by Crippen LogP contribution is 2.21. The van der Waals surface area contributed by atoms with Crippen LogP contribution in [0.4, 0.5) is 0 Å². The number of nitrogens with one attached hydrogen (secondary N) is 1. The minimum absolute atomic E-state index is 0.426. The van der Waals surface area contributed by atoms with Gasteiger partial charge in [0.2, 0.25) is 0 Å². The van der Waals surface area contributed by atoms with Crippen LogP contribution in [0.2, 0.25) is 0 Å². The summed E-state index contributed by atoms with van der Waals surface area (Å²) in [4.78, 5) is 2.34. The molecular weight excluding hydrogens is 226 g/mol. The third-order valence-corrected chi connectivity index (χ3v) is 3.80. The normalized spacial score (nSPS) is 19.2. The van der Waals surface area contributed by atoms with Crippen molar-refractivity contribution < 1.29 is 8.42 Å². The van der Waals surface area contributed by atoms with Gasteiger partial charge in [0.1, 0.15) is 0 Å². The Kier molecular flexibility index (Phi) is 5.68. The minimum Gasteiger partial charge on any atom is -0.303 e. The van der Waals surface area contributed by atoms with Crippen molar-refractivity contribution in [3.8, 4) is 0 Å². The molecule has 0 aromatic heterocycles. The van der Waals surface area contributed by atoms with Gasteiger partial charge in [0.05, 0.1) is 0 Å². The summed E-state index contributed by atoms with van der Waals surface area (Å²) in [5, 5.41) is 4.84. The van der Waals surface area contributed by atoms with Crippen LogP contribution in [0, 0.1) is 0 Å². The van der Waals surface area contributed by atoms with Gasteiger partial charge in [-0.2, -0.15) is 8.42 Å². The molecule has 0 spiro atoms. The molecule has 16 heavy (non-hydrogen) atoms. The highest BCUT2D eigenvalue weighted by atomic mass is 32.2. The Bertz CT molecular complexity index is 286. The third kappa shape index (κ3) is 5.79. The van der Waals surface area contributed by atoms with Gasteiger partial charge in [-0.3, -0.25) is 0 Å². The summed E-state index contributed by atoms with van der Waals surface area (Å²) < 4.78 is 23.6. The van der Waals surface area contributed by atoms with Gasteiger partial charge < -0.3 is 4.90 Å². The minimum atomic E-state index is -3.52. The van der Waals surface area contributed by atoms with Gasteiger partial charge in [-0.15, -0.1) is 0 Å². The molecule has 6 heteroatoms. The zero-order valence-electron chi connectivity index (χ0n) is 9.98. The first-order valence-corrected chi connectivity index (χ1v) is 7.51. The lowest BCUT2D eigenvalue weighted by molar-refractivity contribution is 0.190. The molecule has 1 saturated carbocycles. The van der Waals surface area contributed by atoms with Crippen molar-refractivity contribution in [1.82, 2.24) is 9.62 Å². The van der Waals surface area contributed by atoms with Gasteiger partial charge in [-0.25, -0.2) is 9.86 Å². The van der Waals surface area contributed by atoms with E-state index in [2.05, 4.69) is 16.7 Å². The van der Waals surface area contributed by atoms with Gasteiger partial charge in [-0.05, 0) is 32.9 Å². The van der Waals surface area contributed by atoms with Crippen LogP contribution in [-0.2, 0) is 10.2 Å². The Balaban J connectivity index is 2.12. The second-order valence-corrected chi connectivity index (χ2v) is 5.94. The molecule has 0 aliphatic heterocycles. The second-order valence-electron chi connectivity index (χ2n) is 4.57. The van der Waals surface area contributed by atoms with Crippen LogP contribution < -0.4 is 9.86 Å². The summed E-state index contributed by atoms with van der Waals surface area (Å²) in [5.74, 6) is 0. The lowest BCUT2D eigenvalue weighted by Crippen LogP contribution is -2.37. The summed E-state index contributed by atoms with van der Waals surface area (Å²) in [6.07, 6.45) is 7.37. The van der Waals surface area contributed by atoms with Gasteiger partial charge in [0.15, 0.2) is 0 Å². The number of hydrogen-bond acceptors (Lipinski definition) is 3. The molecule has 96 valence electrons. The van der Waals surface area contributed by atoms with Crippen molar-refractivity contribution >= 4 is 10.2 Å². The second kappa shape index (κ2) is 6.54. The van der Waals surface area contributed by atoms with Crippen LogP contribution in [0.5, 0.6) is 0 Å². The predicted octanol–water partition coefficient (Wildman–Crippen LogP) is 0.434. The fourth-order valence-electron chi connectivity index (χ4n) is 2.25. The summed E-state index contributed by atoms with van der Waals surface area (Å²) in [7, 11) is -1.40. The summed E-state index contributed by atoms with van der Waals surface area (Å²) in [6.45, 7) is 1.35. The summed E-state index contributed by atoms with van der Waals surface area (Å²) >= 11 is 0. The molecule has 1 aliphatic carbocycles. The van der Waals surface area contributed by atoms with E-state index in [0.29, 0.717) is 12.6 Å². The van der Waals surface area contributed by atoms with Crippen molar-refractivity contribution in [3.63, 3.8) is 0 Å². The molecule has 0 aromatic rings. The molecule has 0 amide bonds. The molecule has 1 fully saturated rings. The Labute approximate surface area is 98.6 Å². The molecule has 0 saturated heterocycles. The molecule has 1 aliphatic rings. The van der Waals surface area contributed by atoms with E-state index in [0.717, 1.165) is 13.0 Å². The molecule has 3 N–H and O–H groups in total. The van der Waals surface area contributed by atoms with Gasteiger partial charge >= 0.3 is 0 Å². The molecule has 0 radical (unpaired) electrons. The van der Waals surface area contributed by atoms with Crippen molar-refractivity contribution in [2.45, 2.75) is 44.6 Å². The largest absolute Gasteiger partial charge is 0.303 e. The Hall–Kier alpha value is -0.170. The van der Waals surface area contributed by atoms with Gasteiger partial charge in [-0.1, -0.05) is 19.3 Å². The van der Waals surface area contributed by atoms with Crippen LogP contribution in [0.1, 0.15) is 38.5 Å². The first-order chi connectivity index (χ1) is 7.49. The zero-order chi connectivity index (χ0) is 12.0. The fraction of sp³-hybridized carbons (Fsp3) is 1.00. The van der Waals surface area contributed by atoms with E-state index in [-0.39, 0.29) is 0 Å². The van der Waals surface area contributed by atoms with Gasteiger partial charge in [0, 0.05) is 12.6 Å². The quantitative estimate of drug-likeness (QED) is 0.670. The highest BCUT2D eigenvalue weighted by molar-refractivity contribution is 7.87. The Morgan fingerprint density at radius 1 is 1.31 bits per heavy atom. The Morgan fingerprint density at radius 2 is 1.94 bits per heavy atom. The molecule has 1 rings (SSSR count). The van der Waals surface area contributed by atoms with Crippen LogP contribution in [0.25, 0.3) is 0 Å². The Morgan fingerprint density at radius 3 is 2.50 bits per heavy atom. The van der Waals surface area contributed by atoms with Crippen LogP contribution in [0.3, 0.4) is 0 Å². The predicted molar refractivity (Wildman–Crippen MR) is 65.2 cm³/mol. The van der Waals surface area contributed by atoms with E-state index in [4.69, 9.17) is 5.14 Å². The molecule has 0 aromatic carbocycles. The highest BCUT2D eigenvalue weighted by Gasteiger charge is 2.17. The number of rotatable bonds is 6. The molecule has 0 unspecified atom stereocenters. The fourth-order valence-corrected chi connectivity index (χ4v) is 2.68. The standard InChI is InChI=1S/C10H23N3O2S/c1-13(10-6-3-2-4-7-10)9-5-8-12-16(11,14)15/h10,12H,2-9H2,1H3,(H2,11,14,15). The van der Waals surface area contributed by atoms with Crippen molar-refractivity contribution in [1.29, 1.82) is 0 Å². The van der Waals surface area contributed by atoms with E-state index in [1.807, 2.05) is 0 Å². The first kappa shape index (κ1) is 13.9. The van der Waals surface area contributed by atoms with Crippen LogP contribution in [-0.4, -0.2) is 39.5 Å². The maximum Gasteiger partial charge on any atom is 0.274 e. The number of nitrogens with zero attached hydrogens (tertiary/aromatic N) is 1. The average Bonchev–Trinajstić information content (AvgIpc) is 2.24. The molecule has 0 atom stereocenters. The third-order valence-electron chi connectivity index (χ3n) is 3.19. The van der Waals surface area contributed by atoms with E-state index < -0.39 is 10.2 Å². The van der Waals surface area contributed by atoms with Crippen molar-refractivity contribution in [2.24, 2.45) is 5.14 Å². The lowest BCUT2D eigenvalue weighted by atomic mass is 9.94. The number of hydrogen-bond donors (Lipinski definition) is 2. The maximum atomic E-state index is 10.6. The smallest absolute Gasteiger partial charge is 0.274 e. The molecule has 5 nitrogen and oxygen atoms in total. The molecular formula is C10H23N3O2S. The average molecular weight is 249 g/mol. The van der Waals surface area contributed by atoms with Crippen molar-refractivity contribution in [3.05, 3.63) is 0 Å². The maximum absolute atomic E-state index is 10.6. The van der Waals surface area contributed by atoms with E-state index in [9.17, 15) is 8.42 Å². The monoisotopic (exact) mass is 249 g/mol. The first-order valence-electron chi connectivity index (χ1n) is 5.96. The van der Waals surface area contributed by atoms with Gasteiger partial charge in [0.25, 0.3) is 10.2 Å². The summed E-state index contributed by atoms with van der Waals surface area (Å²) in [6, 6.07) is 0.684.